The van der Waals surface area contributed by atoms with Crippen LogP contribution >= 0.6 is 0 Å². The number of carbonyl (C=O) groups is 1. The van der Waals surface area contributed by atoms with E-state index in [1.165, 1.54) is 0 Å². The summed E-state index contributed by atoms with van der Waals surface area (Å²) in [6.07, 6.45) is 4.30. The van der Waals surface area contributed by atoms with Gasteiger partial charge in [0.25, 0.3) is 0 Å². The van der Waals surface area contributed by atoms with E-state index >= 15 is 0 Å². The zero-order valence-electron chi connectivity index (χ0n) is 16.2. The van der Waals surface area contributed by atoms with Gasteiger partial charge >= 0.3 is 5.97 Å². The van der Waals surface area contributed by atoms with Crippen LogP contribution in [0.15, 0.2) is 6.20 Å². The van der Waals surface area contributed by atoms with Gasteiger partial charge in [0.15, 0.2) is 0 Å². The third-order valence-electron chi connectivity index (χ3n) is 4.31. The van der Waals surface area contributed by atoms with Crippen molar-refractivity contribution >= 4 is 5.97 Å². The maximum atomic E-state index is 11.0. The molecule has 0 spiro atoms. The van der Waals surface area contributed by atoms with Gasteiger partial charge in [-0.2, -0.15) is 0 Å². The molecule has 6 nitrogen and oxygen atoms in total. The molecule has 0 aliphatic heterocycles. The normalized spacial score (nSPS) is 15.3. The van der Waals surface area contributed by atoms with Gasteiger partial charge in [-0.25, -0.2) is 4.68 Å². The second-order valence-electron chi connectivity index (χ2n) is 8.68. The molecule has 0 radical (unpaired) electrons. The fourth-order valence-corrected chi connectivity index (χ4v) is 2.48. The first-order valence-electron chi connectivity index (χ1n) is 8.64. The summed E-state index contributed by atoms with van der Waals surface area (Å²) in [6, 6.07) is 0. The van der Waals surface area contributed by atoms with Crippen LogP contribution in [-0.4, -0.2) is 38.3 Å². The molecular weight excluding hydrogens is 306 g/mol. The van der Waals surface area contributed by atoms with Crippen molar-refractivity contribution in [3.8, 4) is 0 Å². The van der Waals surface area contributed by atoms with Gasteiger partial charge in [-0.15, -0.1) is 5.10 Å². The topological polar surface area (TPSA) is 77.2 Å². The molecule has 1 aromatic rings. The molecular formula is C18H33N3O3. The van der Waals surface area contributed by atoms with E-state index in [0.717, 1.165) is 18.5 Å². The molecule has 6 heteroatoms. The van der Waals surface area contributed by atoms with Crippen LogP contribution in [0.25, 0.3) is 0 Å². The van der Waals surface area contributed by atoms with E-state index < -0.39 is 11.6 Å². The van der Waals surface area contributed by atoms with Crippen LogP contribution in [0.4, 0.5) is 0 Å². The monoisotopic (exact) mass is 339 g/mol. The Morgan fingerprint density at radius 1 is 1.25 bits per heavy atom. The minimum atomic E-state index is -0.832. The highest BCUT2D eigenvalue weighted by molar-refractivity contribution is 5.68. The number of hydrogen-bond donors (Lipinski definition) is 1. The van der Waals surface area contributed by atoms with Gasteiger partial charge in [0, 0.05) is 12.8 Å². The van der Waals surface area contributed by atoms with Crippen molar-refractivity contribution in [3.05, 3.63) is 11.9 Å². The Morgan fingerprint density at radius 2 is 1.88 bits per heavy atom. The number of carboxylic acid groups (broad SMARTS) is 1. The maximum absolute atomic E-state index is 11.0. The van der Waals surface area contributed by atoms with Gasteiger partial charge < -0.3 is 9.84 Å². The molecule has 0 fully saturated rings. The third kappa shape index (κ3) is 6.59. The highest BCUT2D eigenvalue weighted by atomic mass is 16.5. The summed E-state index contributed by atoms with van der Waals surface area (Å²) in [7, 11) is 0. The average molecular weight is 339 g/mol. The molecule has 1 rings (SSSR count). The number of hydrogen-bond acceptors (Lipinski definition) is 4. The summed E-state index contributed by atoms with van der Waals surface area (Å²) in [5, 5.41) is 17.6. The lowest BCUT2D eigenvalue weighted by Crippen LogP contribution is -2.34. The second kappa shape index (κ2) is 7.64. The van der Waals surface area contributed by atoms with Gasteiger partial charge in [0.1, 0.15) is 0 Å². The van der Waals surface area contributed by atoms with Crippen LogP contribution in [0.5, 0.6) is 0 Å². The van der Waals surface area contributed by atoms with E-state index in [0.29, 0.717) is 13.0 Å². The number of aromatic nitrogens is 3. The summed E-state index contributed by atoms with van der Waals surface area (Å²) < 4.78 is 7.78. The third-order valence-corrected chi connectivity index (χ3v) is 4.31. The van der Waals surface area contributed by atoms with Gasteiger partial charge in [-0.05, 0) is 45.4 Å². The molecule has 0 saturated carbocycles. The lowest BCUT2D eigenvalue weighted by atomic mass is 9.91. The van der Waals surface area contributed by atoms with Crippen LogP contribution in [-0.2, 0) is 21.5 Å². The van der Waals surface area contributed by atoms with Crippen molar-refractivity contribution in [1.29, 1.82) is 0 Å². The molecule has 0 bridgehead atoms. The average Bonchev–Trinajstić information content (AvgIpc) is 2.84. The predicted octanol–water partition coefficient (Wildman–Crippen LogP) is 3.65. The Balaban J connectivity index is 2.65. The summed E-state index contributed by atoms with van der Waals surface area (Å²) in [6.45, 7) is 15.0. The molecule has 0 aromatic carbocycles. The fraction of sp³-hybridized carbons (Fsp3) is 0.833. The number of ether oxygens (including phenoxy) is 1. The lowest BCUT2D eigenvalue weighted by Gasteiger charge is -2.30. The van der Waals surface area contributed by atoms with Crippen LogP contribution in [0, 0.1) is 5.41 Å². The largest absolute Gasteiger partial charge is 0.481 e. The zero-order valence-corrected chi connectivity index (χ0v) is 16.2. The molecule has 1 unspecified atom stereocenters. The van der Waals surface area contributed by atoms with Gasteiger partial charge in [-0.3, -0.25) is 4.79 Å². The lowest BCUT2D eigenvalue weighted by molar-refractivity contribution is -0.145. The minimum Gasteiger partial charge on any atom is -0.481 e. The summed E-state index contributed by atoms with van der Waals surface area (Å²) in [5.74, 6) is -0.832. The van der Waals surface area contributed by atoms with Gasteiger partial charge in [0.05, 0.1) is 23.3 Å². The maximum Gasteiger partial charge on any atom is 0.306 e. The van der Waals surface area contributed by atoms with Crippen molar-refractivity contribution < 1.29 is 14.6 Å². The van der Waals surface area contributed by atoms with Gasteiger partial charge in [-0.1, -0.05) is 32.9 Å². The Hall–Kier alpha value is -1.43. The quantitative estimate of drug-likeness (QED) is 0.743. The van der Waals surface area contributed by atoms with Crippen LogP contribution in [0.2, 0.25) is 0 Å². The Bertz CT molecular complexity index is 546. The minimum absolute atomic E-state index is 0.0168. The highest BCUT2D eigenvalue weighted by Crippen LogP contribution is 2.25. The molecule has 0 aliphatic carbocycles. The number of rotatable bonds is 9. The predicted molar refractivity (Wildman–Crippen MR) is 94.0 cm³/mol. The zero-order chi connectivity index (χ0) is 18.6. The first kappa shape index (κ1) is 20.6. The summed E-state index contributed by atoms with van der Waals surface area (Å²) >= 11 is 0. The van der Waals surface area contributed by atoms with E-state index in [1.807, 2.05) is 24.7 Å². The van der Waals surface area contributed by atoms with Crippen molar-refractivity contribution in [2.75, 3.05) is 6.61 Å². The SMILES string of the molecule is CCC(C)(CC(=O)O)OCCC(C)(C)n1cc(CC(C)(C)C)nn1. The van der Waals surface area contributed by atoms with E-state index in [9.17, 15) is 4.79 Å². The summed E-state index contributed by atoms with van der Waals surface area (Å²) in [4.78, 5) is 11.0. The molecule has 1 atom stereocenters. The van der Waals surface area contributed by atoms with Crippen molar-refractivity contribution in [3.63, 3.8) is 0 Å². The fourth-order valence-electron chi connectivity index (χ4n) is 2.48. The highest BCUT2D eigenvalue weighted by Gasteiger charge is 2.29. The Morgan fingerprint density at radius 3 is 2.38 bits per heavy atom. The summed E-state index contributed by atoms with van der Waals surface area (Å²) in [5.41, 5.74) is 0.303. The first-order chi connectivity index (χ1) is 10.9. The Kier molecular flexibility index (Phi) is 6.56. The molecule has 0 amide bonds. The second-order valence-corrected chi connectivity index (χ2v) is 8.68. The van der Waals surface area contributed by atoms with Crippen LogP contribution in [0.1, 0.15) is 73.4 Å². The molecule has 0 saturated heterocycles. The van der Waals surface area contributed by atoms with Gasteiger partial charge in [0.2, 0.25) is 0 Å². The van der Waals surface area contributed by atoms with Crippen LogP contribution in [0.3, 0.4) is 0 Å². The Labute approximate surface area is 145 Å². The molecule has 1 heterocycles. The molecule has 1 aromatic heterocycles. The number of aliphatic carboxylic acids is 1. The van der Waals surface area contributed by atoms with E-state index in [4.69, 9.17) is 9.84 Å². The smallest absolute Gasteiger partial charge is 0.306 e. The number of carboxylic acids is 1. The molecule has 24 heavy (non-hydrogen) atoms. The van der Waals surface area contributed by atoms with E-state index in [1.54, 1.807) is 0 Å². The molecule has 138 valence electrons. The molecule has 0 aliphatic rings. The number of nitrogens with zero attached hydrogens (tertiary/aromatic N) is 3. The van der Waals surface area contributed by atoms with E-state index in [-0.39, 0.29) is 17.4 Å². The van der Waals surface area contributed by atoms with Crippen LogP contribution < -0.4 is 0 Å². The standard InChI is InChI=1S/C18H33N3O3/c1-8-18(7,12-15(22)23)24-10-9-17(5,6)21-13-14(19-20-21)11-16(2,3)4/h13H,8-12H2,1-7H3,(H,22,23). The van der Waals surface area contributed by atoms with Crippen molar-refractivity contribution in [2.24, 2.45) is 5.41 Å². The molecule has 1 N–H and O–H groups in total. The van der Waals surface area contributed by atoms with Crippen molar-refractivity contribution in [2.45, 2.75) is 85.3 Å². The van der Waals surface area contributed by atoms with Crippen molar-refractivity contribution in [1.82, 2.24) is 15.0 Å². The first-order valence-corrected chi connectivity index (χ1v) is 8.64. The van der Waals surface area contributed by atoms with E-state index in [2.05, 4.69) is 44.9 Å².